The summed E-state index contributed by atoms with van der Waals surface area (Å²) < 4.78 is 5.00. The van der Waals surface area contributed by atoms with Crippen LogP contribution in [0.5, 0.6) is 0 Å². The third kappa shape index (κ3) is 3.69. The molecule has 0 unspecified atom stereocenters. The molecule has 0 saturated carbocycles. The Balaban J connectivity index is 1.50. The Hall–Kier alpha value is -3.34. The molecule has 0 bridgehead atoms. The lowest BCUT2D eigenvalue weighted by molar-refractivity contribution is -0.133. The van der Waals surface area contributed by atoms with Crippen LogP contribution in [0.3, 0.4) is 0 Å². The number of piperazine rings is 1. The molecule has 0 N–H and O–H groups in total. The molecule has 2 heterocycles. The first-order chi connectivity index (χ1) is 13.7. The molecule has 1 fully saturated rings. The molecule has 142 valence electrons. The lowest BCUT2D eigenvalue weighted by Crippen LogP contribution is -2.51. The van der Waals surface area contributed by atoms with Gasteiger partial charge in [-0.1, -0.05) is 60.7 Å². The zero-order valence-corrected chi connectivity index (χ0v) is 15.5. The second-order valence-electron chi connectivity index (χ2n) is 6.88. The number of carbonyl (C=O) groups is 2. The molecule has 1 aliphatic heterocycles. The van der Waals surface area contributed by atoms with Gasteiger partial charge in [0.25, 0.3) is 5.91 Å². The van der Waals surface area contributed by atoms with Crippen molar-refractivity contribution in [2.75, 3.05) is 26.2 Å². The van der Waals surface area contributed by atoms with Gasteiger partial charge in [0.1, 0.15) is 6.26 Å². The highest BCUT2D eigenvalue weighted by atomic mass is 16.3. The number of nitrogens with zero attached hydrogens (tertiary/aromatic N) is 2. The summed E-state index contributed by atoms with van der Waals surface area (Å²) in [5, 5.41) is 0. The zero-order valence-electron chi connectivity index (χ0n) is 15.5. The average Bonchev–Trinajstić information content (AvgIpc) is 3.30. The van der Waals surface area contributed by atoms with Gasteiger partial charge in [0.2, 0.25) is 5.91 Å². The summed E-state index contributed by atoms with van der Waals surface area (Å²) in [5.74, 6) is -0.310. The van der Waals surface area contributed by atoms with Gasteiger partial charge in [-0.05, 0) is 17.2 Å². The molecule has 0 aliphatic carbocycles. The van der Waals surface area contributed by atoms with Crippen molar-refractivity contribution in [3.8, 4) is 0 Å². The van der Waals surface area contributed by atoms with Crippen LogP contribution in [0.25, 0.3) is 0 Å². The molecule has 5 nitrogen and oxygen atoms in total. The molecular formula is C23H22N2O3. The van der Waals surface area contributed by atoms with E-state index in [0.29, 0.717) is 31.7 Å². The van der Waals surface area contributed by atoms with Crippen LogP contribution in [-0.2, 0) is 4.79 Å². The maximum Gasteiger partial charge on any atom is 0.257 e. The van der Waals surface area contributed by atoms with Crippen molar-refractivity contribution >= 4 is 11.8 Å². The maximum atomic E-state index is 13.4. The lowest BCUT2D eigenvalue weighted by Gasteiger charge is -2.36. The topological polar surface area (TPSA) is 53.8 Å². The van der Waals surface area contributed by atoms with Gasteiger partial charge < -0.3 is 14.2 Å². The van der Waals surface area contributed by atoms with E-state index in [1.54, 1.807) is 11.0 Å². The first-order valence-electron chi connectivity index (χ1n) is 9.44. The van der Waals surface area contributed by atoms with Crippen molar-refractivity contribution in [1.82, 2.24) is 9.80 Å². The quantitative estimate of drug-likeness (QED) is 0.703. The number of furan rings is 1. The minimum atomic E-state index is -0.335. The molecule has 0 spiro atoms. The van der Waals surface area contributed by atoms with Gasteiger partial charge >= 0.3 is 0 Å². The van der Waals surface area contributed by atoms with E-state index in [1.807, 2.05) is 65.6 Å². The van der Waals surface area contributed by atoms with Crippen LogP contribution in [0.2, 0.25) is 0 Å². The highest BCUT2D eigenvalue weighted by Gasteiger charge is 2.31. The van der Waals surface area contributed by atoms with Gasteiger partial charge in [0, 0.05) is 26.2 Å². The SMILES string of the molecule is O=C(c1ccoc1)N1CCN(C(=O)C(c2ccccc2)c2ccccc2)CC1. The Morgan fingerprint density at radius 1 is 0.750 bits per heavy atom. The van der Waals surface area contributed by atoms with Crippen molar-refractivity contribution in [2.45, 2.75) is 5.92 Å². The third-order valence-electron chi connectivity index (χ3n) is 5.16. The monoisotopic (exact) mass is 374 g/mol. The summed E-state index contributed by atoms with van der Waals surface area (Å²) in [4.78, 5) is 29.5. The lowest BCUT2D eigenvalue weighted by atomic mass is 9.90. The van der Waals surface area contributed by atoms with Crippen molar-refractivity contribution in [2.24, 2.45) is 0 Å². The van der Waals surface area contributed by atoms with Gasteiger partial charge in [-0.25, -0.2) is 0 Å². The van der Waals surface area contributed by atoms with Crippen LogP contribution in [0.15, 0.2) is 83.7 Å². The second-order valence-corrected chi connectivity index (χ2v) is 6.88. The van der Waals surface area contributed by atoms with Crippen LogP contribution >= 0.6 is 0 Å². The minimum absolute atomic E-state index is 0.0523. The summed E-state index contributed by atoms with van der Waals surface area (Å²) in [6.07, 6.45) is 2.96. The van der Waals surface area contributed by atoms with Gasteiger partial charge in [-0.2, -0.15) is 0 Å². The summed E-state index contributed by atoms with van der Waals surface area (Å²) in [6, 6.07) is 21.4. The van der Waals surface area contributed by atoms with E-state index in [9.17, 15) is 9.59 Å². The summed E-state index contributed by atoms with van der Waals surface area (Å²) in [5.41, 5.74) is 2.51. The first kappa shape index (κ1) is 18.0. The Morgan fingerprint density at radius 3 is 1.79 bits per heavy atom. The molecule has 2 amide bonds. The van der Waals surface area contributed by atoms with Crippen LogP contribution < -0.4 is 0 Å². The standard InChI is InChI=1S/C23H22N2O3/c26-22(20-11-16-28-17-20)24-12-14-25(15-13-24)23(27)21(18-7-3-1-4-8-18)19-9-5-2-6-10-19/h1-11,16-17,21H,12-15H2. The van der Waals surface area contributed by atoms with E-state index >= 15 is 0 Å². The second kappa shape index (κ2) is 8.13. The van der Waals surface area contributed by atoms with E-state index in [4.69, 9.17) is 4.42 Å². The molecule has 1 aliphatic rings. The molecule has 1 aromatic heterocycles. The van der Waals surface area contributed by atoms with E-state index in [1.165, 1.54) is 12.5 Å². The van der Waals surface area contributed by atoms with E-state index in [2.05, 4.69) is 0 Å². The van der Waals surface area contributed by atoms with Crippen molar-refractivity contribution in [3.63, 3.8) is 0 Å². The predicted octanol–water partition coefficient (Wildman–Crippen LogP) is 3.40. The van der Waals surface area contributed by atoms with Crippen molar-refractivity contribution < 1.29 is 14.0 Å². The van der Waals surface area contributed by atoms with Crippen LogP contribution in [-0.4, -0.2) is 47.8 Å². The van der Waals surface area contributed by atoms with Crippen LogP contribution in [0.1, 0.15) is 27.4 Å². The molecule has 0 atom stereocenters. The smallest absolute Gasteiger partial charge is 0.257 e. The van der Waals surface area contributed by atoms with Gasteiger partial charge in [0.15, 0.2) is 0 Å². The third-order valence-corrected chi connectivity index (χ3v) is 5.16. The molecule has 4 rings (SSSR count). The Bertz CT molecular complexity index is 876. The van der Waals surface area contributed by atoms with Crippen molar-refractivity contribution in [1.29, 1.82) is 0 Å². The number of rotatable bonds is 4. The Kier molecular flexibility index (Phi) is 5.24. The van der Waals surface area contributed by atoms with Gasteiger partial charge in [0.05, 0.1) is 17.7 Å². The normalized spacial score (nSPS) is 14.3. The number of hydrogen-bond acceptors (Lipinski definition) is 3. The minimum Gasteiger partial charge on any atom is -0.472 e. The molecule has 0 radical (unpaired) electrons. The largest absolute Gasteiger partial charge is 0.472 e. The first-order valence-corrected chi connectivity index (χ1v) is 9.44. The highest BCUT2D eigenvalue weighted by molar-refractivity contribution is 5.94. The van der Waals surface area contributed by atoms with Crippen LogP contribution in [0, 0.1) is 0 Å². The fraction of sp³-hybridized carbons (Fsp3) is 0.217. The molecule has 5 heteroatoms. The number of carbonyl (C=O) groups excluding carboxylic acids is 2. The number of benzene rings is 2. The van der Waals surface area contributed by atoms with Gasteiger partial charge in [-0.3, -0.25) is 9.59 Å². The van der Waals surface area contributed by atoms with E-state index in [-0.39, 0.29) is 17.7 Å². The molecular weight excluding hydrogens is 352 g/mol. The number of hydrogen-bond donors (Lipinski definition) is 0. The molecule has 2 aromatic carbocycles. The van der Waals surface area contributed by atoms with Gasteiger partial charge in [-0.15, -0.1) is 0 Å². The predicted molar refractivity (Wildman–Crippen MR) is 106 cm³/mol. The summed E-state index contributed by atoms with van der Waals surface area (Å²) in [6.45, 7) is 2.09. The summed E-state index contributed by atoms with van der Waals surface area (Å²) in [7, 11) is 0. The number of amides is 2. The molecule has 3 aromatic rings. The Labute approximate surface area is 164 Å². The maximum absolute atomic E-state index is 13.4. The van der Waals surface area contributed by atoms with Crippen molar-refractivity contribution in [3.05, 3.63) is 95.9 Å². The highest BCUT2D eigenvalue weighted by Crippen LogP contribution is 2.27. The molecule has 28 heavy (non-hydrogen) atoms. The van der Waals surface area contributed by atoms with E-state index in [0.717, 1.165) is 11.1 Å². The summed E-state index contributed by atoms with van der Waals surface area (Å²) >= 11 is 0. The average molecular weight is 374 g/mol. The molecule has 1 saturated heterocycles. The zero-order chi connectivity index (χ0) is 19.3. The fourth-order valence-corrected chi connectivity index (χ4v) is 3.65. The Morgan fingerprint density at radius 2 is 1.29 bits per heavy atom. The fourth-order valence-electron chi connectivity index (χ4n) is 3.65. The van der Waals surface area contributed by atoms with Crippen LogP contribution in [0.4, 0.5) is 0 Å². The van der Waals surface area contributed by atoms with E-state index < -0.39 is 0 Å².